The molecule has 2 aromatic carbocycles. The molecular formula is C24H21FN4O3. The number of carbonyl (C=O) groups excluding carboxylic acids is 2. The summed E-state index contributed by atoms with van der Waals surface area (Å²) < 4.78 is 13.8. The number of aryl methyl sites for hydroxylation is 1. The number of aromatic amines is 1. The summed E-state index contributed by atoms with van der Waals surface area (Å²) in [5.74, 6) is -1.56. The van der Waals surface area contributed by atoms with Crippen molar-refractivity contribution in [3.63, 3.8) is 0 Å². The number of H-pyrrole nitrogens is 1. The van der Waals surface area contributed by atoms with Crippen LogP contribution in [0.2, 0.25) is 0 Å². The molecule has 2 N–H and O–H groups in total. The third-order valence-corrected chi connectivity index (χ3v) is 5.52. The molecule has 0 fully saturated rings. The van der Waals surface area contributed by atoms with Crippen molar-refractivity contribution < 1.29 is 14.0 Å². The first-order chi connectivity index (χ1) is 15.3. The second-order valence-electron chi connectivity index (χ2n) is 7.68. The van der Waals surface area contributed by atoms with Gasteiger partial charge >= 0.3 is 0 Å². The normalized spacial score (nSPS) is 16.0. The van der Waals surface area contributed by atoms with E-state index < -0.39 is 17.6 Å². The molecule has 1 aliphatic rings. The first-order valence-corrected chi connectivity index (χ1v) is 10.0. The molecule has 162 valence electrons. The number of rotatable bonds is 4. The van der Waals surface area contributed by atoms with E-state index in [1.165, 1.54) is 29.4 Å². The lowest BCUT2D eigenvalue weighted by Crippen LogP contribution is -2.33. The van der Waals surface area contributed by atoms with Gasteiger partial charge in [0.1, 0.15) is 5.82 Å². The van der Waals surface area contributed by atoms with Gasteiger partial charge in [0.2, 0.25) is 5.91 Å². The monoisotopic (exact) mass is 432 g/mol. The van der Waals surface area contributed by atoms with Crippen LogP contribution in [-0.4, -0.2) is 34.0 Å². The standard InChI is InChI=1S/C24H21FN4O3/c1-14-6-7-16(18-8-9-26-28-24(18)32)11-21(14)27-23(31)20-13-29(2)22(30)12-19(20)15-4-3-5-17(25)10-15/h3-11,13,19H,12H2,1-2H3,(H,27,31)(H,28,32). The molecule has 1 aromatic heterocycles. The van der Waals surface area contributed by atoms with E-state index in [0.29, 0.717) is 28.0 Å². The molecule has 0 radical (unpaired) electrons. The Bertz CT molecular complexity index is 1300. The molecule has 8 heteroatoms. The predicted octanol–water partition coefficient (Wildman–Crippen LogP) is 3.35. The van der Waals surface area contributed by atoms with E-state index in [9.17, 15) is 18.8 Å². The van der Waals surface area contributed by atoms with E-state index in [2.05, 4.69) is 15.5 Å². The minimum atomic E-state index is -0.569. The Balaban J connectivity index is 1.68. The number of aromatic nitrogens is 2. The van der Waals surface area contributed by atoms with E-state index in [4.69, 9.17) is 0 Å². The van der Waals surface area contributed by atoms with E-state index in [1.807, 2.05) is 6.92 Å². The predicted molar refractivity (Wildman–Crippen MR) is 118 cm³/mol. The summed E-state index contributed by atoms with van der Waals surface area (Å²) in [7, 11) is 1.58. The quantitative estimate of drug-likeness (QED) is 0.661. The van der Waals surface area contributed by atoms with E-state index in [-0.39, 0.29) is 17.9 Å². The average Bonchev–Trinajstić information content (AvgIpc) is 2.77. The van der Waals surface area contributed by atoms with Gasteiger partial charge in [0.15, 0.2) is 0 Å². The lowest BCUT2D eigenvalue weighted by atomic mass is 9.85. The van der Waals surface area contributed by atoms with Crippen LogP contribution in [-0.2, 0) is 9.59 Å². The Labute approximate surface area is 183 Å². The van der Waals surface area contributed by atoms with Crippen LogP contribution in [0.1, 0.15) is 23.5 Å². The maximum atomic E-state index is 13.8. The van der Waals surface area contributed by atoms with E-state index in [0.717, 1.165) is 5.56 Å². The molecule has 0 spiro atoms. The summed E-state index contributed by atoms with van der Waals surface area (Å²) in [5, 5.41) is 8.99. The Morgan fingerprint density at radius 1 is 1.19 bits per heavy atom. The molecule has 0 bridgehead atoms. The fourth-order valence-corrected chi connectivity index (χ4v) is 3.73. The molecule has 3 aromatic rings. The SMILES string of the molecule is Cc1ccc(-c2ccn[nH]c2=O)cc1NC(=O)C1=CN(C)C(=O)CC1c1cccc(F)c1. The highest BCUT2D eigenvalue weighted by atomic mass is 19.1. The topological polar surface area (TPSA) is 95.2 Å². The Hall–Kier alpha value is -4.07. The van der Waals surface area contributed by atoms with E-state index in [1.54, 1.807) is 43.4 Å². The van der Waals surface area contributed by atoms with Crippen LogP contribution in [0, 0.1) is 12.7 Å². The maximum absolute atomic E-state index is 13.8. The second-order valence-corrected chi connectivity index (χ2v) is 7.68. The van der Waals surface area contributed by atoms with Crippen molar-refractivity contribution >= 4 is 17.5 Å². The minimum absolute atomic E-state index is 0.0601. The fourth-order valence-electron chi connectivity index (χ4n) is 3.73. The largest absolute Gasteiger partial charge is 0.322 e. The van der Waals surface area contributed by atoms with Crippen molar-refractivity contribution in [2.45, 2.75) is 19.3 Å². The van der Waals surface area contributed by atoms with Crippen molar-refractivity contribution in [2.24, 2.45) is 0 Å². The number of hydrogen-bond donors (Lipinski definition) is 2. The molecule has 0 saturated heterocycles. The number of benzene rings is 2. The highest BCUT2D eigenvalue weighted by molar-refractivity contribution is 6.07. The van der Waals surface area contributed by atoms with Crippen LogP contribution in [0.3, 0.4) is 0 Å². The molecule has 2 amide bonds. The zero-order valence-corrected chi connectivity index (χ0v) is 17.6. The number of anilines is 1. The van der Waals surface area contributed by atoms with Crippen LogP contribution in [0.25, 0.3) is 11.1 Å². The lowest BCUT2D eigenvalue weighted by molar-refractivity contribution is -0.128. The van der Waals surface area contributed by atoms with E-state index >= 15 is 0 Å². The third-order valence-electron chi connectivity index (χ3n) is 5.52. The van der Waals surface area contributed by atoms with Crippen molar-refractivity contribution in [2.75, 3.05) is 12.4 Å². The number of nitrogens with one attached hydrogen (secondary N) is 2. The summed E-state index contributed by atoms with van der Waals surface area (Å²) in [6.07, 6.45) is 3.03. The van der Waals surface area contributed by atoms with Gasteiger partial charge in [-0.25, -0.2) is 9.49 Å². The fraction of sp³-hybridized carbons (Fsp3) is 0.167. The highest BCUT2D eigenvalue weighted by Gasteiger charge is 2.31. The zero-order chi connectivity index (χ0) is 22.8. The Kier molecular flexibility index (Phi) is 5.68. The highest BCUT2D eigenvalue weighted by Crippen LogP contribution is 2.34. The molecule has 1 unspecified atom stereocenters. The zero-order valence-electron chi connectivity index (χ0n) is 17.6. The Morgan fingerprint density at radius 2 is 2.00 bits per heavy atom. The van der Waals surface area contributed by atoms with Gasteiger partial charge < -0.3 is 10.2 Å². The Morgan fingerprint density at radius 3 is 2.75 bits per heavy atom. The summed E-state index contributed by atoms with van der Waals surface area (Å²) in [4.78, 5) is 39.0. The van der Waals surface area contributed by atoms with Gasteiger partial charge in [0.25, 0.3) is 11.5 Å². The molecule has 7 nitrogen and oxygen atoms in total. The molecule has 0 saturated carbocycles. The van der Waals surface area contributed by atoms with Gasteiger partial charge in [-0.3, -0.25) is 14.4 Å². The number of carbonyl (C=O) groups is 2. The average molecular weight is 432 g/mol. The second kappa shape index (κ2) is 8.58. The molecular weight excluding hydrogens is 411 g/mol. The van der Waals surface area contributed by atoms with Crippen LogP contribution >= 0.6 is 0 Å². The molecule has 32 heavy (non-hydrogen) atoms. The van der Waals surface area contributed by atoms with Gasteiger partial charge in [-0.15, -0.1) is 0 Å². The molecule has 1 atom stereocenters. The van der Waals surface area contributed by atoms with Gasteiger partial charge in [0, 0.05) is 43.0 Å². The summed E-state index contributed by atoms with van der Waals surface area (Å²) >= 11 is 0. The lowest BCUT2D eigenvalue weighted by Gasteiger charge is -2.28. The first kappa shape index (κ1) is 21.2. The smallest absolute Gasteiger partial charge is 0.272 e. The number of amides is 2. The van der Waals surface area contributed by atoms with Gasteiger partial charge in [-0.05, 0) is 47.9 Å². The van der Waals surface area contributed by atoms with Gasteiger partial charge in [0.05, 0.1) is 5.56 Å². The van der Waals surface area contributed by atoms with Gasteiger partial charge in [-0.2, -0.15) is 5.10 Å². The van der Waals surface area contributed by atoms with Crippen LogP contribution in [0.15, 0.2) is 71.3 Å². The number of hydrogen-bond acceptors (Lipinski definition) is 4. The van der Waals surface area contributed by atoms with Crippen molar-refractivity contribution in [1.29, 1.82) is 0 Å². The maximum Gasteiger partial charge on any atom is 0.272 e. The van der Waals surface area contributed by atoms with Gasteiger partial charge in [-0.1, -0.05) is 24.3 Å². The van der Waals surface area contributed by atoms with Crippen molar-refractivity contribution in [3.8, 4) is 11.1 Å². The summed E-state index contributed by atoms with van der Waals surface area (Å²) in [6.45, 7) is 1.84. The molecule has 0 aliphatic carbocycles. The molecule has 4 rings (SSSR count). The van der Waals surface area contributed by atoms with Crippen LogP contribution in [0.4, 0.5) is 10.1 Å². The third kappa shape index (κ3) is 4.20. The first-order valence-electron chi connectivity index (χ1n) is 10.0. The van der Waals surface area contributed by atoms with Crippen molar-refractivity contribution in [3.05, 3.63) is 93.8 Å². The molecule has 1 aliphatic heterocycles. The number of nitrogens with zero attached hydrogens (tertiary/aromatic N) is 2. The summed E-state index contributed by atoms with van der Waals surface area (Å²) in [6, 6.07) is 12.8. The summed E-state index contributed by atoms with van der Waals surface area (Å²) in [5.41, 5.74) is 2.95. The minimum Gasteiger partial charge on any atom is -0.322 e. The van der Waals surface area contributed by atoms with Crippen LogP contribution < -0.4 is 10.9 Å². The molecule has 2 heterocycles. The van der Waals surface area contributed by atoms with Crippen molar-refractivity contribution in [1.82, 2.24) is 15.1 Å². The number of halogens is 1. The van der Waals surface area contributed by atoms with Crippen LogP contribution in [0.5, 0.6) is 0 Å².